The van der Waals surface area contributed by atoms with Gasteiger partial charge in [-0.25, -0.2) is 9.37 Å². The van der Waals surface area contributed by atoms with Crippen molar-refractivity contribution in [2.45, 2.75) is 19.0 Å². The van der Waals surface area contributed by atoms with E-state index in [1.807, 2.05) is 10.8 Å². The van der Waals surface area contributed by atoms with Gasteiger partial charge in [0.05, 0.1) is 32.2 Å². The van der Waals surface area contributed by atoms with Crippen molar-refractivity contribution in [3.05, 3.63) is 83.7 Å². The van der Waals surface area contributed by atoms with Crippen molar-refractivity contribution in [3.8, 4) is 11.5 Å². The van der Waals surface area contributed by atoms with Crippen LogP contribution in [0, 0.1) is 5.82 Å². The molecule has 1 atom stereocenters. The number of ether oxygens (including phenoxy) is 2. The van der Waals surface area contributed by atoms with Crippen LogP contribution in [0.1, 0.15) is 23.6 Å². The molecular weight excluding hydrogens is 441 g/mol. The molecule has 2 heterocycles. The number of methoxy groups -OCH3 is 2. The monoisotopic (exact) mass is 465 g/mol. The lowest BCUT2D eigenvalue weighted by molar-refractivity contribution is -0.140. The molecule has 9 heteroatoms. The Morgan fingerprint density at radius 1 is 1.09 bits per heavy atom. The van der Waals surface area contributed by atoms with Gasteiger partial charge in [0.2, 0.25) is 0 Å². The van der Waals surface area contributed by atoms with E-state index in [1.54, 1.807) is 30.7 Å². The first kappa shape index (κ1) is 23.0. The topological polar surface area (TPSA) is 93.9 Å². The zero-order chi connectivity index (χ0) is 24.2. The number of hydrogen-bond acceptors (Lipinski definition) is 6. The molecule has 1 fully saturated rings. The molecule has 0 bridgehead atoms. The third-order valence-electron chi connectivity index (χ3n) is 5.76. The summed E-state index contributed by atoms with van der Waals surface area (Å²) in [4.78, 5) is 31.7. The second kappa shape index (κ2) is 9.78. The molecule has 1 N–H and O–H groups in total. The number of amides is 1. The third-order valence-corrected chi connectivity index (χ3v) is 5.76. The van der Waals surface area contributed by atoms with E-state index < -0.39 is 23.5 Å². The Morgan fingerprint density at radius 2 is 1.85 bits per heavy atom. The average Bonchev–Trinajstić information content (AvgIpc) is 3.45. The van der Waals surface area contributed by atoms with Crippen LogP contribution in [-0.2, 0) is 16.1 Å². The van der Waals surface area contributed by atoms with E-state index in [-0.39, 0.29) is 23.4 Å². The standard InChI is InChI=1S/C25H24FN3O5/c1-33-19-6-3-5-18(24(19)34-2)21-20(22(30)16-7-9-17(26)10-8-16)23(31)25(32)29(21)13-4-12-28-14-11-27-15-28/h3,5-11,14-15,21,30H,4,12-13H2,1-2H3. The fourth-order valence-electron chi connectivity index (χ4n) is 4.17. The van der Waals surface area contributed by atoms with Crippen molar-refractivity contribution < 1.29 is 28.6 Å². The van der Waals surface area contributed by atoms with Gasteiger partial charge in [0.15, 0.2) is 11.5 Å². The van der Waals surface area contributed by atoms with E-state index in [0.717, 1.165) is 0 Å². The van der Waals surface area contributed by atoms with Gasteiger partial charge in [-0.1, -0.05) is 12.1 Å². The largest absolute Gasteiger partial charge is 0.507 e. The van der Waals surface area contributed by atoms with Crippen molar-refractivity contribution >= 4 is 17.4 Å². The molecule has 1 aliphatic rings. The Hall–Kier alpha value is -4.14. The number of aliphatic hydroxyl groups is 1. The molecule has 1 amide bonds. The van der Waals surface area contributed by atoms with E-state index in [9.17, 15) is 19.1 Å². The van der Waals surface area contributed by atoms with Gasteiger partial charge >= 0.3 is 0 Å². The van der Waals surface area contributed by atoms with Crippen LogP contribution in [0.15, 0.2) is 66.8 Å². The molecule has 0 aliphatic carbocycles. The number of carbonyl (C=O) groups excluding carboxylic acids is 2. The number of aryl methyl sites for hydroxylation is 1. The highest BCUT2D eigenvalue weighted by Gasteiger charge is 2.47. The van der Waals surface area contributed by atoms with Crippen molar-refractivity contribution in [3.63, 3.8) is 0 Å². The van der Waals surface area contributed by atoms with Gasteiger partial charge in [-0.3, -0.25) is 9.59 Å². The normalized spacial score (nSPS) is 17.3. The summed E-state index contributed by atoms with van der Waals surface area (Å²) >= 11 is 0. The Morgan fingerprint density at radius 3 is 2.50 bits per heavy atom. The molecule has 176 valence electrons. The Bertz CT molecular complexity index is 1220. The Kier molecular flexibility index (Phi) is 6.62. The summed E-state index contributed by atoms with van der Waals surface area (Å²) < 4.78 is 26.3. The number of likely N-dealkylation sites (tertiary alicyclic amines) is 1. The minimum absolute atomic E-state index is 0.0919. The zero-order valence-electron chi connectivity index (χ0n) is 18.8. The van der Waals surface area contributed by atoms with Gasteiger partial charge in [0.1, 0.15) is 11.6 Å². The molecule has 3 aromatic rings. The predicted octanol–water partition coefficient (Wildman–Crippen LogP) is 3.55. The second-order valence-electron chi connectivity index (χ2n) is 7.74. The molecule has 1 saturated heterocycles. The fraction of sp³-hybridized carbons (Fsp3) is 0.240. The summed E-state index contributed by atoms with van der Waals surface area (Å²) in [6.45, 7) is 0.830. The van der Waals surface area contributed by atoms with Crippen LogP contribution in [0.5, 0.6) is 11.5 Å². The minimum atomic E-state index is -0.919. The maximum Gasteiger partial charge on any atom is 0.295 e. The number of Topliss-reactive ketones (excluding diaryl/α,β-unsaturated/α-hetero) is 1. The highest BCUT2D eigenvalue weighted by molar-refractivity contribution is 6.46. The molecule has 0 radical (unpaired) electrons. The number of para-hydroxylation sites is 1. The van der Waals surface area contributed by atoms with Crippen molar-refractivity contribution in [2.24, 2.45) is 0 Å². The van der Waals surface area contributed by atoms with Crippen LogP contribution in [0.4, 0.5) is 4.39 Å². The molecule has 1 unspecified atom stereocenters. The molecule has 0 saturated carbocycles. The van der Waals surface area contributed by atoms with Gasteiger partial charge in [0, 0.05) is 36.6 Å². The van der Waals surface area contributed by atoms with Gasteiger partial charge in [-0.15, -0.1) is 0 Å². The molecular formula is C25H24FN3O5. The maximum atomic E-state index is 13.4. The summed E-state index contributed by atoms with van der Waals surface area (Å²) in [5, 5.41) is 11.1. The summed E-state index contributed by atoms with van der Waals surface area (Å²) in [6.07, 6.45) is 5.69. The number of aromatic nitrogens is 2. The van der Waals surface area contributed by atoms with Crippen LogP contribution < -0.4 is 9.47 Å². The highest BCUT2D eigenvalue weighted by Crippen LogP contribution is 2.45. The first-order valence-electron chi connectivity index (χ1n) is 10.7. The zero-order valence-corrected chi connectivity index (χ0v) is 18.8. The van der Waals surface area contributed by atoms with E-state index in [0.29, 0.717) is 30.0 Å². The molecule has 4 rings (SSSR count). The smallest absolute Gasteiger partial charge is 0.295 e. The van der Waals surface area contributed by atoms with E-state index in [2.05, 4.69) is 4.98 Å². The highest BCUT2D eigenvalue weighted by atomic mass is 19.1. The molecule has 1 aromatic heterocycles. The SMILES string of the molecule is COc1cccc(C2C(=C(O)c3ccc(F)cc3)C(=O)C(=O)N2CCCn2ccnc2)c1OC. The Labute approximate surface area is 195 Å². The molecule has 2 aromatic carbocycles. The van der Waals surface area contributed by atoms with Crippen LogP contribution in [0.2, 0.25) is 0 Å². The number of hydrogen-bond donors (Lipinski definition) is 1. The summed E-state index contributed by atoms with van der Waals surface area (Å²) in [7, 11) is 2.95. The van der Waals surface area contributed by atoms with Gasteiger partial charge in [0.25, 0.3) is 11.7 Å². The number of halogens is 1. The van der Waals surface area contributed by atoms with Gasteiger partial charge in [-0.05, 0) is 36.8 Å². The van der Waals surface area contributed by atoms with Crippen molar-refractivity contribution in [1.29, 1.82) is 0 Å². The lowest BCUT2D eigenvalue weighted by Crippen LogP contribution is -2.31. The van der Waals surface area contributed by atoms with Crippen LogP contribution in [0.25, 0.3) is 5.76 Å². The van der Waals surface area contributed by atoms with E-state index in [1.165, 1.54) is 43.4 Å². The minimum Gasteiger partial charge on any atom is -0.507 e. The van der Waals surface area contributed by atoms with Gasteiger partial charge < -0.3 is 24.0 Å². The first-order chi connectivity index (χ1) is 16.5. The number of benzene rings is 2. The number of rotatable bonds is 8. The van der Waals surface area contributed by atoms with E-state index >= 15 is 0 Å². The second-order valence-corrected chi connectivity index (χ2v) is 7.74. The number of ketones is 1. The fourth-order valence-corrected chi connectivity index (χ4v) is 4.17. The van der Waals surface area contributed by atoms with E-state index in [4.69, 9.17) is 9.47 Å². The quantitative estimate of drug-likeness (QED) is 0.311. The average molecular weight is 465 g/mol. The third kappa shape index (κ3) is 4.24. The van der Waals surface area contributed by atoms with Gasteiger partial charge in [-0.2, -0.15) is 0 Å². The van der Waals surface area contributed by atoms with Crippen molar-refractivity contribution in [2.75, 3.05) is 20.8 Å². The van der Waals surface area contributed by atoms with Crippen LogP contribution in [-0.4, -0.2) is 52.0 Å². The molecule has 34 heavy (non-hydrogen) atoms. The summed E-state index contributed by atoms with van der Waals surface area (Å²) in [5.74, 6) is -1.65. The maximum absolute atomic E-state index is 13.4. The van der Waals surface area contributed by atoms with Crippen LogP contribution >= 0.6 is 0 Å². The van der Waals surface area contributed by atoms with Crippen molar-refractivity contribution in [1.82, 2.24) is 14.5 Å². The number of nitrogens with zero attached hydrogens (tertiary/aromatic N) is 3. The number of imidazole rings is 1. The summed E-state index contributed by atoms with van der Waals surface area (Å²) in [5.41, 5.74) is 0.628. The summed E-state index contributed by atoms with van der Waals surface area (Å²) in [6, 6.07) is 9.30. The lowest BCUT2D eigenvalue weighted by Gasteiger charge is -2.27. The number of aliphatic hydroxyl groups excluding tert-OH is 1. The Balaban J connectivity index is 1.81. The lowest BCUT2D eigenvalue weighted by atomic mass is 9.94. The number of carbonyl (C=O) groups is 2. The first-order valence-corrected chi connectivity index (χ1v) is 10.7. The molecule has 1 aliphatic heterocycles. The van der Waals surface area contributed by atoms with Crippen LogP contribution in [0.3, 0.4) is 0 Å². The predicted molar refractivity (Wildman–Crippen MR) is 122 cm³/mol. The molecule has 8 nitrogen and oxygen atoms in total. The molecule has 0 spiro atoms.